The summed E-state index contributed by atoms with van der Waals surface area (Å²) in [4.78, 5) is 0. The van der Waals surface area contributed by atoms with E-state index < -0.39 is 0 Å². The lowest BCUT2D eigenvalue weighted by Crippen LogP contribution is -2.40. The van der Waals surface area contributed by atoms with Crippen molar-refractivity contribution in [2.24, 2.45) is 0 Å². The van der Waals surface area contributed by atoms with Gasteiger partial charge in [-0.15, -0.1) is 0 Å². The maximum Gasteiger partial charge on any atom is 0.188 e. The molecule has 2 unspecified atom stereocenters. The summed E-state index contributed by atoms with van der Waals surface area (Å²) in [6.45, 7) is 5.72. The van der Waals surface area contributed by atoms with Crippen molar-refractivity contribution in [2.45, 2.75) is 76.5 Å². The van der Waals surface area contributed by atoms with Crippen LogP contribution in [-0.2, 0) is 14.9 Å². The van der Waals surface area contributed by atoms with Crippen molar-refractivity contribution in [3.05, 3.63) is 53.6 Å². The Balaban J connectivity index is 1.78. The molecule has 5 heteroatoms. The highest BCUT2D eigenvalue weighted by molar-refractivity contribution is 5.48. The molecule has 2 aromatic carbocycles. The van der Waals surface area contributed by atoms with Crippen molar-refractivity contribution in [3.8, 4) is 17.2 Å². The van der Waals surface area contributed by atoms with Gasteiger partial charge in [-0.1, -0.05) is 77.0 Å². The monoisotopic (exact) mass is 470 g/mol. The van der Waals surface area contributed by atoms with E-state index in [1.807, 2.05) is 24.3 Å². The van der Waals surface area contributed by atoms with Crippen LogP contribution in [0.1, 0.15) is 82.3 Å². The summed E-state index contributed by atoms with van der Waals surface area (Å²) in [5.41, 5.74) is 2.42. The van der Waals surface area contributed by atoms with E-state index in [0.717, 1.165) is 23.7 Å². The van der Waals surface area contributed by atoms with E-state index in [9.17, 15) is 0 Å². The molecule has 1 aliphatic rings. The number of ether oxygens (including phenoxy) is 5. The van der Waals surface area contributed by atoms with Gasteiger partial charge >= 0.3 is 0 Å². The average molecular weight is 471 g/mol. The van der Waals surface area contributed by atoms with Gasteiger partial charge in [0.05, 0.1) is 6.61 Å². The first kappa shape index (κ1) is 26.4. The Morgan fingerprint density at radius 2 is 1.44 bits per heavy atom. The second kappa shape index (κ2) is 13.6. The lowest BCUT2D eigenvalue weighted by molar-refractivity contribution is 0.0505. The summed E-state index contributed by atoms with van der Waals surface area (Å²) in [5.74, 6) is 2.89. The zero-order chi connectivity index (χ0) is 24.2. The first-order chi connectivity index (χ1) is 16.6. The number of rotatable bonds is 15. The smallest absolute Gasteiger partial charge is 0.188 e. The van der Waals surface area contributed by atoms with Gasteiger partial charge in [-0.05, 0) is 35.7 Å². The second-order valence-corrected chi connectivity index (χ2v) is 9.49. The van der Waals surface area contributed by atoms with E-state index in [1.165, 1.54) is 56.1 Å². The number of unbranched alkanes of at least 4 members (excludes halogenated alkanes) is 6. The van der Waals surface area contributed by atoms with Crippen LogP contribution in [-0.4, -0.2) is 34.4 Å². The molecule has 0 bridgehead atoms. The summed E-state index contributed by atoms with van der Waals surface area (Å²) in [5, 5.41) is 0. The number of benzene rings is 2. The van der Waals surface area contributed by atoms with Gasteiger partial charge < -0.3 is 23.7 Å². The Morgan fingerprint density at radius 1 is 0.824 bits per heavy atom. The molecule has 1 aliphatic heterocycles. The molecule has 0 spiro atoms. The van der Waals surface area contributed by atoms with E-state index in [0.29, 0.717) is 12.5 Å². The predicted molar refractivity (Wildman–Crippen MR) is 136 cm³/mol. The summed E-state index contributed by atoms with van der Waals surface area (Å²) in [6, 6.07) is 14.6. The normalized spacial score (nSPS) is 19.4. The Bertz CT molecular complexity index is 850. The van der Waals surface area contributed by atoms with Crippen LogP contribution in [0, 0.1) is 0 Å². The van der Waals surface area contributed by atoms with Crippen LogP contribution >= 0.6 is 0 Å². The number of methoxy groups -OCH3 is 2. The van der Waals surface area contributed by atoms with Crippen LogP contribution in [0.25, 0.3) is 0 Å². The van der Waals surface area contributed by atoms with Crippen LogP contribution in [0.2, 0.25) is 0 Å². The van der Waals surface area contributed by atoms with Crippen LogP contribution in [0.4, 0.5) is 0 Å². The molecule has 34 heavy (non-hydrogen) atoms. The summed E-state index contributed by atoms with van der Waals surface area (Å²) >= 11 is 0. The molecule has 0 amide bonds. The van der Waals surface area contributed by atoms with E-state index in [-0.39, 0.29) is 19.0 Å². The van der Waals surface area contributed by atoms with Crippen molar-refractivity contribution >= 4 is 0 Å². The van der Waals surface area contributed by atoms with Crippen LogP contribution in [0.5, 0.6) is 17.2 Å². The Morgan fingerprint density at radius 3 is 2.12 bits per heavy atom. The van der Waals surface area contributed by atoms with Crippen molar-refractivity contribution in [2.75, 3.05) is 34.4 Å². The molecule has 2 aromatic rings. The molecule has 0 N–H and O–H groups in total. The Hall–Kier alpha value is -2.24. The third-order valence-corrected chi connectivity index (χ3v) is 6.95. The molecule has 5 nitrogen and oxygen atoms in total. The topological polar surface area (TPSA) is 46.2 Å². The molecular weight excluding hydrogens is 428 g/mol. The zero-order valence-corrected chi connectivity index (χ0v) is 21.4. The quantitative estimate of drug-likeness (QED) is 0.203. The Kier molecular flexibility index (Phi) is 10.5. The lowest BCUT2D eigenvalue weighted by Gasteiger charge is -2.43. The molecular formula is C29H42O5. The van der Waals surface area contributed by atoms with Crippen molar-refractivity contribution in [1.82, 2.24) is 0 Å². The van der Waals surface area contributed by atoms with Crippen molar-refractivity contribution < 1.29 is 23.7 Å². The fourth-order valence-corrected chi connectivity index (χ4v) is 4.94. The molecule has 3 rings (SSSR count). The predicted octanol–water partition coefficient (Wildman–Crippen LogP) is 7.23. The van der Waals surface area contributed by atoms with Gasteiger partial charge in [-0.3, -0.25) is 0 Å². The minimum atomic E-state index is -0.121. The molecule has 0 fully saturated rings. The molecule has 1 heterocycles. The fourth-order valence-electron chi connectivity index (χ4n) is 4.94. The molecule has 0 aromatic heterocycles. The number of hydrogen-bond acceptors (Lipinski definition) is 5. The van der Waals surface area contributed by atoms with E-state index in [2.05, 4.69) is 32.0 Å². The SMILES string of the molecule is CCCCCCCCCC1c2ccc(OCOC)cc2OCC1(C)c1ccc(OCOC)cc1. The lowest BCUT2D eigenvalue weighted by atomic mass is 9.66. The highest BCUT2D eigenvalue weighted by Gasteiger charge is 2.42. The minimum Gasteiger partial charge on any atom is -0.492 e. The molecule has 188 valence electrons. The number of fused-ring (bicyclic) bond motifs is 1. The minimum absolute atomic E-state index is 0.121. The maximum absolute atomic E-state index is 6.34. The molecule has 0 saturated heterocycles. The van der Waals surface area contributed by atoms with Gasteiger partial charge in [-0.2, -0.15) is 0 Å². The highest BCUT2D eigenvalue weighted by Crippen LogP contribution is 2.50. The highest BCUT2D eigenvalue weighted by atomic mass is 16.7. The Labute approximate surface area is 205 Å². The van der Waals surface area contributed by atoms with Crippen molar-refractivity contribution in [1.29, 1.82) is 0 Å². The fraction of sp³-hybridized carbons (Fsp3) is 0.586. The van der Waals surface area contributed by atoms with Crippen LogP contribution in [0.3, 0.4) is 0 Å². The molecule has 0 saturated carbocycles. The summed E-state index contributed by atoms with van der Waals surface area (Å²) in [7, 11) is 3.26. The first-order valence-electron chi connectivity index (χ1n) is 12.7. The molecule has 0 radical (unpaired) electrons. The maximum atomic E-state index is 6.34. The van der Waals surface area contributed by atoms with E-state index >= 15 is 0 Å². The van der Waals surface area contributed by atoms with Gasteiger partial charge in [0.15, 0.2) is 13.6 Å². The van der Waals surface area contributed by atoms with Gasteiger partial charge in [0, 0.05) is 31.6 Å². The van der Waals surface area contributed by atoms with E-state index in [1.54, 1.807) is 14.2 Å². The average Bonchev–Trinajstić information content (AvgIpc) is 2.87. The third kappa shape index (κ3) is 6.89. The molecule has 2 atom stereocenters. The van der Waals surface area contributed by atoms with Gasteiger partial charge in [0.2, 0.25) is 0 Å². The first-order valence-corrected chi connectivity index (χ1v) is 12.7. The van der Waals surface area contributed by atoms with Crippen molar-refractivity contribution in [3.63, 3.8) is 0 Å². The number of hydrogen-bond donors (Lipinski definition) is 0. The van der Waals surface area contributed by atoms with Gasteiger partial charge in [0.1, 0.15) is 17.2 Å². The van der Waals surface area contributed by atoms with Crippen LogP contribution in [0.15, 0.2) is 42.5 Å². The van der Waals surface area contributed by atoms with Crippen LogP contribution < -0.4 is 14.2 Å². The van der Waals surface area contributed by atoms with E-state index in [4.69, 9.17) is 23.7 Å². The molecule has 0 aliphatic carbocycles. The largest absolute Gasteiger partial charge is 0.492 e. The third-order valence-electron chi connectivity index (χ3n) is 6.95. The van der Waals surface area contributed by atoms with Gasteiger partial charge in [0.25, 0.3) is 0 Å². The summed E-state index contributed by atoms with van der Waals surface area (Å²) < 4.78 is 27.7. The summed E-state index contributed by atoms with van der Waals surface area (Å²) in [6.07, 6.45) is 10.3. The van der Waals surface area contributed by atoms with Gasteiger partial charge in [-0.25, -0.2) is 0 Å². The standard InChI is InChI=1S/C29H42O5/c1-5-6-7-8-9-10-11-12-27-26-18-17-25(34-22-31-4)19-28(26)32-20-29(27,2)23-13-15-24(16-14-23)33-21-30-3/h13-19,27H,5-12,20-22H2,1-4H3. The zero-order valence-electron chi connectivity index (χ0n) is 21.4. The second-order valence-electron chi connectivity index (χ2n) is 9.49.